The highest BCUT2D eigenvalue weighted by Gasteiger charge is 2.35. The number of amides is 1. The summed E-state index contributed by atoms with van der Waals surface area (Å²) in [6.45, 7) is 2.66. The molecule has 4 aromatic heterocycles. The van der Waals surface area contributed by atoms with E-state index < -0.39 is 0 Å². The molecular weight excluding hydrogens is 376 g/mol. The first kappa shape index (κ1) is 18.4. The lowest BCUT2D eigenvalue weighted by Gasteiger charge is -2.19. The van der Waals surface area contributed by atoms with Crippen LogP contribution < -0.4 is 5.32 Å². The highest BCUT2D eigenvalue weighted by Crippen LogP contribution is 2.41. The standard InChI is InChI=1S/C23H22N6O/c1-15-4-2-9-25-20(15)21(17-6-7-17)28-23(30)18-10-19-22(26-12-18)29(14-27-19)13-16-5-3-8-24-11-16/h2-5,8-12,14,17,21H,6-7,13H2,1H3,(H,28,30). The van der Waals surface area contributed by atoms with E-state index in [1.807, 2.05) is 42.0 Å². The topological polar surface area (TPSA) is 85.6 Å². The molecule has 0 radical (unpaired) electrons. The predicted octanol–water partition coefficient (Wildman–Crippen LogP) is 3.46. The smallest absolute Gasteiger partial charge is 0.253 e. The zero-order chi connectivity index (χ0) is 20.5. The van der Waals surface area contributed by atoms with Crippen LogP contribution in [0.1, 0.15) is 46.1 Å². The Kier molecular flexibility index (Phi) is 4.71. The number of carbonyl (C=O) groups is 1. The van der Waals surface area contributed by atoms with Crippen LogP contribution in [0.2, 0.25) is 0 Å². The summed E-state index contributed by atoms with van der Waals surface area (Å²) in [6, 6.07) is 9.60. The summed E-state index contributed by atoms with van der Waals surface area (Å²) in [5.74, 6) is 0.297. The van der Waals surface area contributed by atoms with E-state index in [-0.39, 0.29) is 11.9 Å². The Bertz CT molecular complexity index is 1200. The van der Waals surface area contributed by atoms with Gasteiger partial charge >= 0.3 is 0 Å². The molecule has 0 bridgehead atoms. The molecule has 0 aromatic carbocycles. The number of pyridine rings is 3. The summed E-state index contributed by atoms with van der Waals surface area (Å²) < 4.78 is 1.96. The number of carbonyl (C=O) groups excluding carboxylic acids is 1. The lowest BCUT2D eigenvalue weighted by molar-refractivity contribution is 0.0930. The van der Waals surface area contributed by atoms with Crippen molar-refractivity contribution in [2.45, 2.75) is 32.4 Å². The van der Waals surface area contributed by atoms with Gasteiger partial charge < -0.3 is 9.88 Å². The average molecular weight is 398 g/mol. The third-order valence-corrected chi connectivity index (χ3v) is 5.52. The minimum atomic E-state index is -0.145. The summed E-state index contributed by atoms with van der Waals surface area (Å²) in [6.07, 6.45) is 10.9. The molecule has 0 spiro atoms. The Morgan fingerprint density at radius 3 is 2.80 bits per heavy atom. The summed E-state index contributed by atoms with van der Waals surface area (Å²) in [5, 5.41) is 3.18. The van der Waals surface area contributed by atoms with Crippen molar-refractivity contribution in [3.63, 3.8) is 0 Å². The zero-order valence-electron chi connectivity index (χ0n) is 16.7. The van der Waals surface area contributed by atoms with Crippen LogP contribution in [0, 0.1) is 12.8 Å². The summed E-state index contributed by atoms with van der Waals surface area (Å²) in [5.41, 5.74) is 5.06. The Hall–Kier alpha value is -3.61. The predicted molar refractivity (Wildman–Crippen MR) is 113 cm³/mol. The molecule has 150 valence electrons. The number of hydrogen-bond donors (Lipinski definition) is 1. The first-order valence-electron chi connectivity index (χ1n) is 10.1. The van der Waals surface area contributed by atoms with Gasteiger partial charge in [0.05, 0.1) is 30.2 Å². The van der Waals surface area contributed by atoms with Crippen molar-refractivity contribution in [1.82, 2.24) is 29.8 Å². The quantitative estimate of drug-likeness (QED) is 0.538. The molecule has 1 fully saturated rings. The van der Waals surface area contributed by atoms with Crippen molar-refractivity contribution in [1.29, 1.82) is 0 Å². The third kappa shape index (κ3) is 3.66. The Labute approximate surface area is 174 Å². The minimum Gasteiger partial charge on any atom is -0.343 e. The Morgan fingerprint density at radius 2 is 2.03 bits per heavy atom. The van der Waals surface area contributed by atoms with Crippen LogP contribution in [0.4, 0.5) is 0 Å². The minimum absolute atomic E-state index is 0.0717. The molecule has 1 aliphatic rings. The van der Waals surface area contributed by atoms with Crippen molar-refractivity contribution in [2.75, 3.05) is 0 Å². The van der Waals surface area contributed by atoms with E-state index in [9.17, 15) is 4.79 Å². The maximum Gasteiger partial charge on any atom is 0.253 e. The van der Waals surface area contributed by atoms with E-state index in [0.29, 0.717) is 23.5 Å². The number of nitrogens with zero attached hydrogens (tertiary/aromatic N) is 5. The lowest BCUT2D eigenvalue weighted by Crippen LogP contribution is -2.31. The second-order valence-electron chi connectivity index (χ2n) is 7.79. The SMILES string of the molecule is Cc1cccnc1C(NC(=O)c1cnc2c(c1)ncn2Cc1cccnc1)C1CC1. The van der Waals surface area contributed by atoms with Crippen LogP contribution in [0.25, 0.3) is 11.2 Å². The normalized spacial score (nSPS) is 14.6. The van der Waals surface area contributed by atoms with Crippen LogP contribution in [0.15, 0.2) is 61.4 Å². The number of aromatic nitrogens is 5. The second-order valence-corrected chi connectivity index (χ2v) is 7.79. The van der Waals surface area contributed by atoms with E-state index in [0.717, 1.165) is 35.3 Å². The summed E-state index contributed by atoms with van der Waals surface area (Å²) in [4.78, 5) is 30.6. The molecule has 0 aliphatic heterocycles. The molecule has 0 saturated heterocycles. The van der Waals surface area contributed by atoms with Crippen molar-refractivity contribution >= 4 is 17.1 Å². The van der Waals surface area contributed by atoms with Gasteiger partial charge in [-0.1, -0.05) is 12.1 Å². The number of hydrogen-bond acceptors (Lipinski definition) is 5. The fourth-order valence-corrected chi connectivity index (χ4v) is 3.76. The fourth-order valence-electron chi connectivity index (χ4n) is 3.76. The molecule has 4 heterocycles. The number of rotatable bonds is 6. The monoisotopic (exact) mass is 398 g/mol. The van der Waals surface area contributed by atoms with Gasteiger partial charge in [-0.3, -0.25) is 14.8 Å². The Morgan fingerprint density at radius 1 is 1.17 bits per heavy atom. The summed E-state index contributed by atoms with van der Waals surface area (Å²) >= 11 is 0. The van der Waals surface area contributed by atoms with Gasteiger partial charge in [-0.2, -0.15) is 0 Å². The largest absolute Gasteiger partial charge is 0.343 e. The zero-order valence-corrected chi connectivity index (χ0v) is 16.7. The van der Waals surface area contributed by atoms with Gasteiger partial charge in [0.25, 0.3) is 5.91 Å². The van der Waals surface area contributed by atoms with Crippen molar-refractivity contribution in [2.24, 2.45) is 5.92 Å². The first-order chi connectivity index (χ1) is 14.7. The first-order valence-corrected chi connectivity index (χ1v) is 10.1. The molecule has 1 aliphatic carbocycles. The maximum absolute atomic E-state index is 13.0. The highest BCUT2D eigenvalue weighted by molar-refractivity contribution is 5.96. The van der Waals surface area contributed by atoms with E-state index >= 15 is 0 Å². The molecule has 1 unspecified atom stereocenters. The van der Waals surface area contributed by atoms with Gasteiger partial charge in [0, 0.05) is 24.8 Å². The molecule has 7 heteroatoms. The summed E-state index contributed by atoms with van der Waals surface area (Å²) in [7, 11) is 0. The van der Waals surface area contributed by atoms with E-state index in [1.54, 1.807) is 31.0 Å². The molecular formula is C23H22N6O. The molecule has 5 rings (SSSR count). The fraction of sp³-hybridized carbons (Fsp3) is 0.261. The molecule has 1 saturated carbocycles. The maximum atomic E-state index is 13.0. The van der Waals surface area contributed by atoms with Crippen LogP contribution in [-0.2, 0) is 6.54 Å². The van der Waals surface area contributed by atoms with E-state index in [1.165, 1.54) is 0 Å². The van der Waals surface area contributed by atoms with Gasteiger partial charge in [-0.25, -0.2) is 9.97 Å². The van der Waals surface area contributed by atoms with Crippen molar-refractivity contribution in [3.8, 4) is 0 Å². The molecule has 30 heavy (non-hydrogen) atoms. The van der Waals surface area contributed by atoms with Gasteiger partial charge in [0.1, 0.15) is 5.52 Å². The number of nitrogens with one attached hydrogen (secondary N) is 1. The van der Waals surface area contributed by atoms with Gasteiger partial charge in [0.15, 0.2) is 5.65 Å². The van der Waals surface area contributed by atoms with Gasteiger partial charge in [-0.05, 0) is 55.0 Å². The molecule has 1 amide bonds. The van der Waals surface area contributed by atoms with E-state index in [4.69, 9.17) is 0 Å². The highest BCUT2D eigenvalue weighted by atomic mass is 16.1. The average Bonchev–Trinajstić information content (AvgIpc) is 3.54. The lowest BCUT2D eigenvalue weighted by atomic mass is 10.0. The van der Waals surface area contributed by atoms with Crippen LogP contribution >= 0.6 is 0 Å². The number of aryl methyl sites for hydroxylation is 1. The van der Waals surface area contributed by atoms with Gasteiger partial charge in [0.2, 0.25) is 0 Å². The number of imidazole rings is 1. The third-order valence-electron chi connectivity index (χ3n) is 5.52. The molecule has 1 N–H and O–H groups in total. The molecule has 4 aromatic rings. The Balaban J connectivity index is 1.38. The number of fused-ring (bicyclic) bond motifs is 1. The van der Waals surface area contributed by atoms with Crippen molar-refractivity contribution < 1.29 is 4.79 Å². The molecule has 1 atom stereocenters. The van der Waals surface area contributed by atoms with Crippen molar-refractivity contribution in [3.05, 3.63) is 83.8 Å². The molecule has 7 nitrogen and oxygen atoms in total. The van der Waals surface area contributed by atoms with Crippen LogP contribution in [-0.4, -0.2) is 30.4 Å². The van der Waals surface area contributed by atoms with Crippen LogP contribution in [0.5, 0.6) is 0 Å². The second kappa shape index (κ2) is 7.67. The van der Waals surface area contributed by atoms with Gasteiger partial charge in [-0.15, -0.1) is 0 Å². The van der Waals surface area contributed by atoms with Crippen LogP contribution in [0.3, 0.4) is 0 Å². The van der Waals surface area contributed by atoms with E-state index in [2.05, 4.69) is 25.3 Å².